The van der Waals surface area contributed by atoms with Gasteiger partial charge in [0.15, 0.2) is 5.65 Å². The fourth-order valence-corrected chi connectivity index (χ4v) is 6.86. The van der Waals surface area contributed by atoms with Crippen LogP contribution in [-0.4, -0.2) is 60.0 Å². The maximum absolute atomic E-state index is 8.82. The molecule has 8 heterocycles. The minimum absolute atomic E-state index is 0.0552. The molecule has 0 saturated heterocycles. The molecule has 0 atom stereocenters. The van der Waals surface area contributed by atoms with Crippen molar-refractivity contribution < 1.29 is 5.41 Å². The number of aromatic nitrogens is 8. The third-order valence-electron chi connectivity index (χ3n) is 8.29. The molecule has 0 spiro atoms. The van der Waals surface area contributed by atoms with Gasteiger partial charge >= 0.3 is 0 Å². The van der Waals surface area contributed by atoms with E-state index in [1.807, 2.05) is 109 Å². The van der Waals surface area contributed by atoms with Gasteiger partial charge in [0.1, 0.15) is 20.8 Å². The van der Waals surface area contributed by atoms with Gasteiger partial charge in [0.25, 0.3) is 5.04 Å². The number of thioether (sulfide) groups is 2. The van der Waals surface area contributed by atoms with Crippen LogP contribution in [0.4, 0.5) is 0 Å². The highest BCUT2D eigenvalue weighted by atomic mass is 32.2. The quantitative estimate of drug-likeness (QED) is 0.0921. The number of nitrogens with two attached hydrogens (primary N) is 1. The number of nitrogens with one attached hydrogen (secondary N) is 3. The summed E-state index contributed by atoms with van der Waals surface area (Å²) in [5, 5.41) is 34.2. The van der Waals surface area contributed by atoms with Gasteiger partial charge in [-0.25, -0.2) is 35.3 Å². The lowest BCUT2D eigenvalue weighted by Crippen LogP contribution is -2.39. The third kappa shape index (κ3) is 8.01. The summed E-state index contributed by atoms with van der Waals surface area (Å²) in [4.78, 5) is 36.9. The van der Waals surface area contributed by atoms with Gasteiger partial charge in [-0.1, -0.05) is 36.4 Å². The van der Waals surface area contributed by atoms with Crippen molar-refractivity contribution in [3.05, 3.63) is 169 Å². The van der Waals surface area contributed by atoms with E-state index in [-0.39, 0.29) is 15.1 Å². The topological polar surface area (TPSA) is 200 Å². The highest BCUT2D eigenvalue weighted by molar-refractivity contribution is 8.27. The van der Waals surface area contributed by atoms with Crippen molar-refractivity contribution in [2.24, 2.45) is 0 Å². The Morgan fingerprint density at radius 1 is 0.375 bits per heavy atom. The van der Waals surface area contributed by atoms with Crippen molar-refractivity contribution in [1.29, 1.82) is 16.2 Å². The van der Waals surface area contributed by atoms with E-state index < -0.39 is 0 Å². The minimum Gasteiger partial charge on any atom is -0.292 e. The van der Waals surface area contributed by atoms with Crippen LogP contribution in [0.3, 0.4) is 0 Å². The molecular formula is C42H29N12S2+. The van der Waals surface area contributed by atoms with Gasteiger partial charge in [-0.15, -0.1) is 0 Å². The first-order chi connectivity index (χ1) is 27.4. The summed E-state index contributed by atoms with van der Waals surface area (Å²) < 4.78 is 0. The van der Waals surface area contributed by atoms with Gasteiger partial charge in [-0.3, -0.25) is 26.2 Å². The first-order valence-electron chi connectivity index (χ1n) is 17.1. The van der Waals surface area contributed by atoms with Crippen molar-refractivity contribution in [3.63, 3.8) is 0 Å². The molecule has 5 N–H and O–H groups in total. The fraction of sp³-hybridized carbons (Fsp3) is 0. The second-order valence-corrected chi connectivity index (χ2v) is 14.1. The number of pyridine rings is 8. The molecule has 8 aromatic heterocycles. The number of hydrogen-bond acceptors (Lipinski definition) is 13. The van der Waals surface area contributed by atoms with Crippen molar-refractivity contribution in [2.75, 3.05) is 0 Å². The van der Waals surface area contributed by atoms with Gasteiger partial charge in [0.2, 0.25) is 0 Å². The Morgan fingerprint density at radius 2 is 0.768 bits per heavy atom. The summed E-state index contributed by atoms with van der Waals surface area (Å²) in [6, 6.07) is 40.6. The summed E-state index contributed by atoms with van der Waals surface area (Å²) in [6.45, 7) is 0. The van der Waals surface area contributed by atoms with E-state index in [2.05, 4.69) is 24.9 Å². The third-order valence-corrected chi connectivity index (χ3v) is 9.96. The molecule has 0 aliphatic carbocycles. The zero-order valence-electron chi connectivity index (χ0n) is 29.3. The summed E-state index contributed by atoms with van der Waals surface area (Å²) in [5.74, 6) is 0. The van der Waals surface area contributed by atoms with Crippen LogP contribution in [0.15, 0.2) is 146 Å². The van der Waals surface area contributed by atoms with Crippen LogP contribution in [0, 0.1) is 16.2 Å². The van der Waals surface area contributed by atoms with Crippen molar-refractivity contribution in [1.82, 2.24) is 39.9 Å². The lowest BCUT2D eigenvalue weighted by atomic mass is 10.2. The van der Waals surface area contributed by atoms with Gasteiger partial charge in [-0.05, 0) is 109 Å². The Labute approximate surface area is 329 Å². The van der Waals surface area contributed by atoms with E-state index in [0.29, 0.717) is 56.2 Å². The Balaban J connectivity index is 0.947. The molecule has 14 heteroatoms. The molecule has 0 saturated carbocycles. The van der Waals surface area contributed by atoms with E-state index >= 15 is 0 Å². The van der Waals surface area contributed by atoms with E-state index in [1.54, 1.807) is 36.7 Å². The number of nitrogens with zero attached hydrogens (tertiary/aromatic N) is 8. The molecule has 0 amide bonds. The van der Waals surface area contributed by atoms with Crippen LogP contribution in [0.2, 0.25) is 0 Å². The Morgan fingerprint density at radius 3 is 1.27 bits per heavy atom. The maximum atomic E-state index is 8.82. The lowest BCUT2D eigenvalue weighted by molar-refractivity contribution is -0.107. The molecule has 0 aromatic carbocycles. The van der Waals surface area contributed by atoms with E-state index in [0.717, 1.165) is 51.7 Å². The first-order valence-corrected chi connectivity index (χ1v) is 18.8. The van der Waals surface area contributed by atoms with Crippen LogP contribution >= 0.6 is 23.5 Å². The van der Waals surface area contributed by atoms with Crippen LogP contribution in [-0.2, 0) is 0 Å². The molecule has 268 valence electrons. The summed E-state index contributed by atoms with van der Waals surface area (Å²) in [6.07, 6.45) is 3.45. The highest BCUT2D eigenvalue weighted by Gasteiger charge is 2.19. The largest absolute Gasteiger partial charge is 0.292 e. The summed E-state index contributed by atoms with van der Waals surface area (Å²) in [5.41, 5.74) is 7.48. The van der Waals surface area contributed by atoms with E-state index in [4.69, 9.17) is 36.6 Å². The second-order valence-electron chi connectivity index (χ2n) is 12.1. The Bertz CT molecular complexity index is 2610. The van der Waals surface area contributed by atoms with Gasteiger partial charge in [0.05, 0.1) is 62.6 Å². The Kier molecular flexibility index (Phi) is 10.3. The zero-order valence-corrected chi connectivity index (χ0v) is 31.0. The summed E-state index contributed by atoms with van der Waals surface area (Å²) in [7, 11) is 0. The molecular weight excluding hydrogens is 737 g/mol. The normalized spacial score (nSPS) is 10.9. The van der Waals surface area contributed by atoms with Crippen LogP contribution in [0.1, 0.15) is 22.8 Å². The van der Waals surface area contributed by atoms with Crippen LogP contribution in [0.5, 0.6) is 0 Å². The lowest BCUT2D eigenvalue weighted by Gasteiger charge is -2.08. The molecule has 0 bridgehead atoms. The molecule has 0 fully saturated rings. The highest BCUT2D eigenvalue weighted by Crippen LogP contribution is 2.25. The number of rotatable bonds is 8. The average molecular weight is 766 g/mol. The molecule has 8 rings (SSSR count). The predicted molar refractivity (Wildman–Crippen MR) is 223 cm³/mol. The second kappa shape index (κ2) is 16.1. The van der Waals surface area contributed by atoms with Crippen LogP contribution < -0.4 is 5.41 Å². The smallest absolute Gasteiger partial charge is 0.263 e. The van der Waals surface area contributed by atoms with Gasteiger partial charge in [-0.2, -0.15) is 0 Å². The average Bonchev–Trinajstić information content (AvgIpc) is 3.26. The Hall–Kier alpha value is -7.16. The number of hydrogen-bond donors (Lipinski definition) is 4. The zero-order chi connectivity index (χ0) is 38.4. The fourth-order valence-electron chi connectivity index (χ4n) is 5.56. The van der Waals surface area contributed by atoms with Crippen molar-refractivity contribution in [3.8, 4) is 45.6 Å². The van der Waals surface area contributed by atoms with Crippen molar-refractivity contribution in [2.45, 2.75) is 0 Å². The maximum Gasteiger partial charge on any atom is 0.263 e. The summed E-state index contributed by atoms with van der Waals surface area (Å²) >= 11 is 1.98. The molecule has 8 aromatic rings. The van der Waals surface area contributed by atoms with Gasteiger partial charge in [0, 0.05) is 29.5 Å². The molecule has 0 aliphatic rings. The first kappa shape index (κ1) is 35.8. The predicted octanol–water partition coefficient (Wildman–Crippen LogP) is 7.02. The molecule has 12 nitrogen and oxygen atoms in total. The molecule has 0 radical (unpaired) electrons. The monoisotopic (exact) mass is 765 g/mol. The number of fused-ring (bicyclic) bond motifs is 1. The van der Waals surface area contributed by atoms with Crippen molar-refractivity contribution >= 4 is 54.7 Å². The van der Waals surface area contributed by atoms with E-state index in [1.165, 1.54) is 0 Å². The SMILES string of the molecule is N=C(SC(=N)c1ccc2ccc(C(=N)SC(=[NH2+])c3cccc(-c4cccc(-c5ccccn5)n4)n3)nc2n1)c1cccc(-c2cccc(-c3ccccn3)n2)n1. The molecule has 0 unspecified atom stereocenters. The van der Waals surface area contributed by atoms with Crippen LogP contribution in [0.25, 0.3) is 56.6 Å². The molecule has 0 aliphatic heterocycles. The van der Waals surface area contributed by atoms with E-state index in [9.17, 15) is 0 Å². The van der Waals surface area contributed by atoms with Gasteiger partial charge < -0.3 is 0 Å². The minimum atomic E-state index is 0.0552. The molecule has 56 heavy (non-hydrogen) atoms. The standard InChI is InChI=1S/C42H28N12S2/c43-38(34-17-7-15-32(51-34)30-13-5-11-28(49-30)26-9-1-3-23-47-26)55-40(45)36-21-19-25-20-22-37(54-42(25)53-36)41(46)56-39(44)35-18-8-16-33(52-35)31-14-6-12-29(50-31)27-10-2-4-24-48-27/h1-24,43-46H/p+1.